The molecule has 30 heavy (non-hydrogen) atoms. The second-order valence-corrected chi connectivity index (χ2v) is 8.97. The van der Waals surface area contributed by atoms with Crippen molar-refractivity contribution in [1.82, 2.24) is 19.5 Å². The molecule has 5 N–H and O–H groups in total. The predicted molar refractivity (Wildman–Crippen MR) is 122 cm³/mol. The van der Waals surface area contributed by atoms with E-state index >= 15 is 0 Å². The average Bonchev–Trinajstić information content (AvgIpc) is 3.31. The highest BCUT2D eigenvalue weighted by Gasteiger charge is 2.34. The van der Waals surface area contributed by atoms with Gasteiger partial charge in [0, 0.05) is 11.6 Å². The summed E-state index contributed by atoms with van der Waals surface area (Å²) in [5.74, 6) is 1.42. The number of rotatable bonds is 4. The number of fused-ring (bicyclic) bond motifs is 2. The van der Waals surface area contributed by atoms with Gasteiger partial charge in [-0.25, -0.2) is 15.0 Å². The van der Waals surface area contributed by atoms with Gasteiger partial charge in [-0.1, -0.05) is 12.1 Å². The molecule has 1 aliphatic carbocycles. The molecule has 1 saturated carbocycles. The van der Waals surface area contributed by atoms with E-state index < -0.39 is 6.10 Å². The number of hydrogen-bond acceptors (Lipinski definition) is 6. The molecule has 0 amide bonds. The van der Waals surface area contributed by atoms with E-state index in [2.05, 4.69) is 53.6 Å². The molecule has 1 aromatic carbocycles. The van der Waals surface area contributed by atoms with Crippen LogP contribution in [0.15, 0.2) is 47.3 Å². The molecule has 0 unspecified atom stereocenters. The molecule has 154 valence electrons. The first-order chi connectivity index (χ1) is 14.5. The molecular formula is C22H23BrN6O. The van der Waals surface area contributed by atoms with Crippen LogP contribution in [-0.4, -0.2) is 30.7 Å². The third-order valence-electron chi connectivity index (χ3n) is 6.20. The van der Waals surface area contributed by atoms with Gasteiger partial charge in [0.15, 0.2) is 0 Å². The molecule has 3 aromatic heterocycles. The van der Waals surface area contributed by atoms with E-state index in [0.717, 1.165) is 52.1 Å². The minimum atomic E-state index is -0.391. The number of pyridine rings is 1. The molecule has 0 radical (unpaired) electrons. The number of nitrogens with two attached hydrogens (primary N) is 2. The Bertz CT molecular complexity index is 1240. The fourth-order valence-electron chi connectivity index (χ4n) is 4.61. The van der Waals surface area contributed by atoms with Crippen molar-refractivity contribution in [2.75, 3.05) is 11.5 Å². The molecule has 7 nitrogen and oxygen atoms in total. The molecule has 0 saturated heterocycles. The third-order valence-corrected chi connectivity index (χ3v) is 6.83. The molecular weight excluding hydrogens is 444 g/mol. The lowest BCUT2D eigenvalue weighted by Crippen LogP contribution is -2.17. The van der Waals surface area contributed by atoms with Crippen LogP contribution >= 0.6 is 15.9 Å². The van der Waals surface area contributed by atoms with Gasteiger partial charge in [0.2, 0.25) is 0 Å². The van der Waals surface area contributed by atoms with Gasteiger partial charge in [0.1, 0.15) is 23.6 Å². The molecule has 5 rings (SSSR count). The quantitative estimate of drug-likeness (QED) is 0.420. The van der Waals surface area contributed by atoms with Gasteiger partial charge in [-0.05, 0) is 71.3 Å². The van der Waals surface area contributed by atoms with Crippen LogP contribution in [0, 0.1) is 5.92 Å². The fraction of sp³-hybridized carbons (Fsp3) is 0.318. The van der Waals surface area contributed by atoms with Gasteiger partial charge in [-0.15, -0.1) is 0 Å². The van der Waals surface area contributed by atoms with Crippen LogP contribution in [0.4, 0.5) is 11.6 Å². The third kappa shape index (κ3) is 3.40. The van der Waals surface area contributed by atoms with Crippen molar-refractivity contribution in [3.63, 3.8) is 0 Å². The van der Waals surface area contributed by atoms with Crippen LogP contribution in [0.3, 0.4) is 0 Å². The van der Waals surface area contributed by atoms with Crippen LogP contribution in [0.1, 0.15) is 30.9 Å². The highest BCUT2D eigenvalue weighted by molar-refractivity contribution is 9.10. The average molecular weight is 467 g/mol. The Hall–Kier alpha value is -2.71. The van der Waals surface area contributed by atoms with E-state index in [4.69, 9.17) is 11.5 Å². The van der Waals surface area contributed by atoms with Crippen LogP contribution < -0.4 is 11.5 Å². The summed E-state index contributed by atoms with van der Waals surface area (Å²) in [6.45, 7) is 0. The SMILES string of the molecule is Nc1nc2cc(CC[C@@H]3C[C@@H](O)[C@H](n4ccc5c(N)ncnc54)C3)ccc2cc1Br. The zero-order valence-electron chi connectivity index (χ0n) is 16.4. The van der Waals surface area contributed by atoms with Gasteiger partial charge in [-0.3, -0.25) is 0 Å². The van der Waals surface area contributed by atoms with Gasteiger partial charge in [0.05, 0.1) is 27.5 Å². The van der Waals surface area contributed by atoms with Crippen molar-refractivity contribution in [2.24, 2.45) is 5.92 Å². The van der Waals surface area contributed by atoms with E-state index in [1.807, 2.05) is 18.3 Å². The summed E-state index contributed by atoms with van der Waals surface area (Å²) in [5.41, 5.74) is 14.8. The number of aliphatic hydroxyl groups excluding tert-OH is 1. The molecule has 0 aliphatic heterocycles. The maximum absolute atomic E-state index is 10.7. The zero-order chi connectivity index (χ0) is 20.8. The largest absolute Gasteiger partial charge is 0.391 e. The normalized spacial score (nSPS) is 21.6. The number of benzene rings is 1. The van der Waals surface area contributed by atoms with Crippen molar-refractivity contribution in [1.29, 1.82) is 0 Å². The van der Waals surface area contributed by atoms with Crippen molar-refractivity contribution in [3.05, 3.63) is 52.9 Å². The zero-order valence-corrected chi connectivity index (χ0v) is 18.0. The molecule has 8 heteroatoms. The van der Waals surface area contributed by atoms with E-state index in [1.165, 1.54) is 11.9 Å². The first-order valence-corrected chi connectivity index (χ1v) is 10.9. The minimum Gasteiger partial charge on any atom is -0.391 e. The number of anilines is 2. The maximum Gasteiger partial charge on any atom is 0.145 e. The Morgan fingerprint density at radius 3 is 2.83 bits per heavy atom. The second-order valence-electron chi connectivity index (χ2n) is 8.11. The molecule has 3 heterocycles. The highest BCUT2D eigenvalue weighted by atomic mass is 79.9. The van der Waals surface area contributed by atoms with E-state index in [0.29, 0.717) is 17.6 Å². The molecule has 1 aliphatic rings. The predicted octanol–water partition coefficient (Wildman–Crippen LogP) is 3.85. The lowest BCUT2D eigenvalue weighted by Gasteiger charge is -2.17. The number of nitrogens with zero attached hydrogens (tertiary/aromatic N) is 4. The molecule has 0 bridgehead atoms. The number of aliphatic hydroxyl groups is 1. The van der Waals surface area contributed by atoms with E-state index in [-0.39, 0.29) is 6.04 Å². The fourth-order valence-corrected chi connectivity index (χ4v) is 4.95. The summed E-state index contributed by atoms with van der Waals surface area (Å²) < 4.78 is 2.87. The molecule has 3 atom stereocenters. The first kappa shape index (κ1) is 19.3. The Balaban J connectivity index is 1.30. The van der Waals surface area contributed by atoms with Crippen molar-refractivity contribution in [3.8, 4) is 0 Å². The minimum absolute atomic E-state index is 0.0113. The number of aryl methyl sites for hydroxylation is 1. The smallest absolute Gasteiger partial charge is 0.145 e. The van der Waals surface area contributed by atoms with E-state index in [9.17, 15) is 5.11 Å². The van der Waals surface area contributed by atoms with Crippen LogP contribution in [0.25, 0.3) is 21.9 Å². The lowest BCUT2D eigenvalue weighted by molar-refractivity contribution is 0.136. The topological polar surface area (TPSA) is 116 Å². The lowest BCUT2D eigenvalue weighted by atomic mass is 9.97. The highest BCUT2D eigenvalue weighted by Crippen LogP contribution is 2.39. The van der Waals surface area contributed by atoms with E-state index in [1.54, 1.807) is 0 Å². The first-order valence-electron chi connectivity index (χ1n) is 10.1. The summed E-state index contributed by atoms with van der Waals surface area (Å²) in [4.78, 5) is 12.9. The van der Waals surface area contributed by atoms with Crippen molar-refractivity contribution < 1.29 is 5.11 Å². The standard InChI is InChI=1S/C22H23BrN6O/c23-16-10-14-4-3-12(7-17(14)28-21(16)25)1-2-13-8-18(19(30)9-13)29-6-5-15-20(24)26-11-27-22(15)29/h3-7,10-11,13,18-19,30H,1-2,8-9H2,(H2,25,28)(H2,24,26,27)/t13-,18+,19+/m0/s1. The van der Waals surface area contributed by atoms with Crippen LogP contribution in [0.5, 0.6) is 0 Å². The number of hydrogen-bond donors (Lipinski definition) is 3. The summed E-state index contributed by atoms with van der Waals surface area (Å²) in [6.07, 6.45) is 6.71. The Morgan fingerprint density at radius 1 is 1.10 bits per heavy atom. The molecule has 4 aromatic rings. The monoisotopic (exact) mass is 466 g/mol. The molecule has 0 spiro atoms. The summed E-state index contributed by atoms with van der Waals surface area (Å²) in [7, 11) is 0. The maximum atomic E-state index is 10.7. The number of nitrogen functional groups attached to an aromatic ring is 2. The summed E-state index contributed by atoms with van der Waals surface area (Å²) in [5, 5.41) is 12.6. The van der Waals surface area contributed by atoms with Crippen LogP contribution in [0.2, 0.25) is 0 Å². The van der Waals surface area contributed by atoms with Gasteiger partial charge >= 0.3 is 0 Å². The van der Waals surface area contributed by atoms with Crippen molar-refractivity contribution in [2.45, 2.75) is 37.8 Å². The molecule has 1 fully saturated rings. The Morgan fingerprint density at radius 2 is 1.97 bits per heavy atom. The van der Waals surface area contributed by atoms with Crippen molar-refractivity contribution >= 4 is 49.5 Å². The Labute approximate surface area is 182 Å². The van der Waals surface area contributed by atoms with Gasteiger partial charge in [-0.2, -0.15) is 0 Å². The van der Waals surface area contributed by atoms with Gasteiger partial charge in [0.25, 0.3) is 0 Å². The second kappa shape index (κ2) is 7.52. The summed E-state index contributed by atoms with van der Waals surface area (Å²) in [6, 6.07) is 10.3. The van der Waals surface area contributed by atoms with Gasteiger partial charge < -0.3 is 21.1 Å². The Kier molecular flexibility index (Phi) is 4.83. The number of halogens is 1. The van der Waals surface area contributed by atoms with Crippen LogP contribution in [-0.2, 0) is 6.42 Å². The summed E-state index contributed by atoms with van der Waals surface area (Å²) >= 11 is 3.43. The number of aromatic nitrogens is 4.